The number of unbranched alkanes of at least 4 members (excludes halogenated alkanes) is 27. The molecule has 0 saturated carbocycles. The minimum absolute atomic E-state index is 0.0384. The summed E-state index contributed by atoms with van der Waals surface area (Å²) in [6.07, 6.45) is 117. The lowest BCUT2D eigenvalue weighted by Crippen LogP contribution is -2.37. The molecule has 0 aliphatic rings. The molecular weight excluding hydrogens is 1230 g/mol. The Morgan fingerprint density at radius 2 is 0.551 bits per heavy atom. The largest absolute Gasteiger partial charge is 0.756 e. The van der Waals surface area contributed by atoms with Crippen LogP contribution < -0.4 is 4.89 Å². The van der Waals surface area contributed by atoms with Gasteiger partial charge in [0.2, 0.25) is 0 Å². The van der Waals surface area contributed by atoms with Crippen LogP contribution in [0.1, 0.15) is 309 Å². The van der Waals surface area contributed by atoms with Gasteiger partial charge in [-0.05, 0) is 135 Å². The maximum atomic E-state index is 12.9. The van der Waals surface area contributed by atoms with Crippen molar-refractivity contribution < 1.29 is 42.1 Å². The molecule has 0 radical (unpaired) electrons. The Hall–Kier alpha value is -4.89. The first-order valence-corrected chi connectivity index (χ1v) is 41.0. The smallest absolute Gasteiger partial charge is 0.306 e. The van der Waals surface area contributed by atoms with Crippen LogP contribution in [-0.2, 0) is 32.7 Å². The van der Waals surface area contributed by atoms with E-state index in [9.17, 15) is 19.0 Å². The normalized spacial score (nSPS) is 14.1. The Labute approximate surface area is 603 Å². The molecule has 0 heterocycles. The second-order valence-corrected chi connectivity index (χ2v) is 28.4. The molecule has 0 aromatic carbocycles. The number of carbonyl (C=O) groups excluding carboxylic acids is 2. The van der Waals surface area contributed by atoms with Crippen LogP contribution in [0.4, 0.5) is 0 Å². The quantitative estimate of drug-likeness (QED) is 0.0195. The minimum atomic E-state index is -4.66. The molecule has 0 saturated heterocycles. The zero-order valence-electron chi connectivity index (χ0n) is 63.4. The van der Waals surface area contributed by atoms with Crippen molar-refractivity contribution in [2.75, 3.05) is 47.5 Å². The molecule has 9 nitrogen and oxygen atoms in total. The van der Waals surface area contributed by atoms with Gasteiger partial charge in [-0.25, -0.2) is 0 Å². The first kappa shape index (κ1) is 93.1. The molecule has 0 fully saturated rings. The number of allylic oxidation sites excluding steroid dienone is 30. The topological polar surface area (TPSA) is 111 Å². The highest BCUT2D eigenvalue weighted by atomic mass is 31.2. The predicted octanol–water partition coefficient (Wildman–Crippen LogP) is 26.0. The number of nitrogens with zero attached hydrogens (tertiary/aromatic N) is 1. The minimum Gasteiger partial charge on any atom is -0.756 e. The number of quaternary nitrogens is 1. The van der Waals surface area contributed by atoms with E-state index in [4.69, 9.17) is 18.5 Å². The second kappa shape index (κ2) is 76.3. The molecule has 0 amide bonds. The van der Waals surface area contributed by atoms with Crippen LogP contribution in [0.3, 0.4) is 0 Å². The molecule has 0 spiro atoms. The molecule has 0 aliphatic carbocycles. The van der Waals surface area contributed by atoms with Crippen LogP contribution in [0, 0.1) is 0 Å². The number of rotatable bonds is 71. The number of ether oxygens (including phenoxy) is 2. The fourth-order valence-corrected chi connectivity index (χ4v) is 11.2. The molecule has 0 aromatic heterocycles. The Kier molecular flexibility index (Phi) is 72.5. The van der Waals surface area contributed by atoms with Gasteiger partial charge in [0.1, 0.15) is 19.8 Å². The SMILES string of the molecule is CC/C=C\C/C=C\C/C=C\C/C=C\C/C=C\C/C=C\C/C=C\C/C=C\C/C=C\CCCCCCCCCCCCCC(=O)OC(COC(=O)CCCCCCCCCCCCCCCCCC/C=C\C/C=C\C/C=C\C/C=C\C/C=C\C/C=C\CC)COP(=O)([O-])OCC[N+](C)(C)C. The van der Waals surface area contributed by atoms with Crippen molar-refractivity contribution in [1.82, 2.24) is 0 Å². The van der Waals surface area contributed by atoms with E-state index in [0.717, 1.165) is 141 Å². The van der Waals surface area contributed by atoms with Crippen LogP contribution in [0.5, 0.6) is 0 Å². The lowest BCUT2D eigenvalue weighted by atomic mass is 10.0. The van der Waals surface area contributed by atoms with Gasteiger partial charge in [-0.1, -0.05) is 344 Å². The molecule has 2 unspecified atom stereocenters. The molecule has 2 atom stereocenters. The van der Waals surface area contributed by atoms with Gasteiger partial charge in [0.05, 0.1) is 27.7 Å². The lowest BCUT2D eigenvalue weighted by Gasteiger charge is -2.28. The highest BCUT2D eigenvalue weighted by molar-refractivity contribution is 7.45. The molecule has 0 N–H and O–H groups in total. The van der Waals surface area contributed by atoms with Gasteiger partial charge in [0.15, 0.2) is 6.10 Å². The number of esters is 2. The van der Waals surface area contributed by atoms with E-state index in [1.807, 2.05) is 21.1 Å². The summed E-state index contributed by atoms with van der Waals surface area (Å²) in [5.74, 6) is -0.838. The maximum Gasteiger partial charge on any atom is 0.306 e. The Balaban J connectivity index is 4.04. The number of carbonyl (C=O) groups is 2. The van der Waals surface area contributed by atoms with Gasteiger partial charge in [0, 0.05) is 12.8 Å². The molecule has 98 heavy (non-hydrogen) atoms. The van der Waals surface area contributed by atoms with Crippen molar-refractivity contribution in [3.8, 4) is 0 Å². The van der Waals surface area contributed by atoms with Crippen LogP contribution in [0.25, 0.3) is 0 Å². The van der Waals surface area contributed by atoms with Crippen molar-refractivity contribution in [1.29, 1.82) is 0 Å². The van der Waals surface area contributed by atoms with E-state index >= 15 is 0 Å². The van der Waals surface area contributed by atoms with E-state index in [0.29, 0.717) is 17.4 Å². The Bertz CT molecular complexity index is 2320. The van der Waals surface area contributed by atoms with Crippen LogP contribution in [0.15, 0.2) is 182 Å². The van der Waals surface area contributed by atoms with Gasteiger partial charge >= 0.3 is 11.9 Å². The number of hydrogen-bond donors (Lipinski definition) is 0. The van der Waals surface area contributed by atoms with Crippen molar-refractivity contribution in [2.24, 2.45) is 0 Å². The van der Waals surface area contributed by atoms with E-state index in [1.54, 1.807) is 0 Å². The van der Waals surface area contributed by atoms with E-state index in [1.165, 1.54) is 135 Å². The van der Waals surface area contributed by atoms with Crippen molar-refractivity contribution in [3.63, 3.8) is 0 Å². The zero-order valence-corrected chi connectivity index (χ0v) is 64.3. The molecule has 0 bridgehead atoms. The first-order chi connectivity index (χ1) is 48.0. The van der Waals surface area contributed by atoms with Gasteiger partial charge in [0.25, 0.3) is 7.82 Å². The van der Waals surface area contributed by atoms with E-state index < -0.39 is 26.5 Å². The molecule has 0 rings (SSSR count). The summed E-state index contributed by atoms with van der Waals surface area (Å²) in [6, 6.07) is 0. The van der Waals surface area contributed by atoms with Crippen LogP contribution >= 0.6 is 7.82 Å². The monoisotopic (exact) mass is 1380 g/mol. The standard InChI is InChI=1S/C88H146NO8P/c1-6-8-10-12-14-16-18-20-22-24-26-28-30-32-34-36-38-40-42-43-44-45-47-49-51-53-55-57-59-61-63-65-67-69-71-73-75-77-79-81-88(91)97-86(85-96-98(92,93)95-83-82-89(3,4)5)84-94-87(90)80-78-76-74-72-70-68-66-64-62-60-58-56-54-52-50-48-46-41-39-37-35-33-31-29-27-25-23-21-19-17-15-13-11-9-7-2/h8-11,14-17,20-23,26-29,32-35,38-41,43-44,47,49,53,55,86H,6-7,12-13,18-19,24-25,30-31,36-37,42,45-46,48,50-52,54,56-85H2,1-5H3/b10-8-,11-9-,16-14-,17-15-,22-20-,23-21-,28-26-,29-27-,34-32-,35-33-,40-38-,41-39-,44-43-,49-47-,55-53-. The van der Waals surface area contributed by atoms with Crippen molar-refractivity contribution >= 4 is 19.8 Å². The summed E-state index contributed by atoms with van der Waals surface area (Å²) >= 11 is 0. The van der Waals surface area contributed by atoms with Crippen molar-refractivity contribution in [2.45, 2.75) is 315 Å². The zero-order chi connectivity index (χ0) is 71.1. The summed E-state index contributed by atoms with van der Waals surface area (Å²) in [5.41, 5.74) is 0. The number of phosphoric ester groups is 1. The maximum absolute atomic E-state index is 12.9. The molecule has 0 aliphatic heterocycles. The summed E-state index contributed by atoms with van der Waals surface area (Å²) in [5, 5.41) is 0. The van der Waals surface area contributed by atoms with Gasteiger partial charge in [-0.2, -0.15) is 0 Å². The highest BCUT2D eigenvalue weighted by Gasteiger charge is 2.22. The third kappa shape index (κ3) is 80.1. The lowest BCUT2D eigenvalue weighted by molar-refractivity contribution is -0.870. The number of hydrogen-bond acceptors (Lipinski definition) is 8. The number of likely N-dealkylation sites (N-methyl/N-ethyl adjacent to an activating group) is 1. The summed E-state index contributed by atoms with van der Waals surface area (Å²) in [6.45, 7) is 4.02. The van der Waals surface area contributed by atoms with Gasteiger partial charge < -0.3 is 27.9 Å². The van der Waals surface area contributed by atoms with Crippen LogP contribution in [0.2, 0.25) is 0 Å². The summed E-state index contributed by atoms with van der Waals surface area (Å²) < 4.78 is 34.4. The fraction of sp³-hybridized carbons (Fsp3) is 0.636. The third-order valence-electron chi connectivity index (χ3n) is 16.4. The summed E-state index contributed by atoms with van der Waals surface area (Å²) in [7, 11) is 1.15. The van der Waals surface area contributed by atoms with Gasteiger partial charge in [-0.15, -0.1) is 0 Å². The van der Waals surface area contributed by atoms with Gasteiger partial charge in [-0.3, -0.25) is 14.2 Å². The summed E-state index contributed by atoms with van der Waals surface area (Å²) in [4.78, 5) is 38.2. The highest BCUT2D eigenvalue weighted by Crippen LogP contribution is 2.38. The molecular formula is C88H146NO8P. The average Bonchev–Trinajstić information content (AvgIpc) is 1.23. The van der Waals surface area contributed by atoms with E-state index in [2.05, 4.69) is 196 Å². The molecule has 556 valence electrons. The average molecular weight is 1380 g/mol. The second-order valence-electron chi connectivity index (χ2n) is 27.0. The Morgan fingerprint density at radius 3 is 0.816 bits per heavy atom. The first-order valence-electron chi connectivity index (χ1n) is 39.5. The fourth-order valence-electron chi connectivity index (χ4n) is 10.5. The number of phosphoric acid groups is 1. The molecule has 10 heteroatoms. The van der Waals surface area contributed by atoms with E-state index in [-0.39, 0.29) is 32.0 Å². The molecule has 0 aromatic rings. The predicted molar refractivity (Wildman–Crippen MR) is 424 cm³/mol. The third-order valence-corrected chi connectivity index (χ3v) is 17.4. The van der Waals surface area contributed by atoms with Crippen molar-refractivity contribution in [3.05, 3.63) is 182 Å². The van der Waals surface area contributed by atoms with Crippen LogP contribution in [-0.4, -0.2) is 70.0 Å². The Morgan fingerprint density at radius 1 is 0.316 bits per heavy atom.